The zero-order valence-corrected chi connectivity index (χ0v) is 11.5. The molecule has 2 rings (SSSR count). The van der Waals surface area contributed by atoms with Gasteiger partial charge in [-0.2, -0.15) is 0 Å². The van der Waals surface area contributed by atoms with Crippen LogP contribution in [0.1, 0.15) is 26.7 Å². The summed E-state index contributed by atoms with van der Waals surface area (Å²) < 4.78 is 18.6. The first kappa shape index (κ1) is 13.6. The van der Waals surface area contributed by atoms with E-state index in [1.54, 1.807) is 6.07 Å². The van der Waals surface area contributed by atoms with Crippen LogP contribution in [0.3, 0.4) is 0 Å². The van der Waals surface area contributed by atoms with Gasteiger partial charge in [0.15, 0.2) is 11.6 Å². The Morgan fingerprint density at radius 1 is 1.32 bits per heavy atom. The molecular weight excluding hydrogens is 247 g/mol. The van der Waals surface area contributed by atoms with Crippen LogP contribution in [0.4, 0.5) is 15.8 Å². The molecule has 0 aliphatic carbocycles. The number of halogens is 1. The molecule has 0 bridgehead atoms. The predicted molar refractivity (Wildman–Crippen MR) is 73.1 cm³/mol. The summed E-state index contributed by atoms with van der Waals surface area (Å²) in [5.74, 6) is -0.377. The van der Waals surface area contributed by atoms with E-state index in [2.05, 4.69) is 10.6 Å². The largest absolute Gasteiger partial charge is 0.494 e. The van der Waals surface area contributed by atoms with E-state index in [4.69, 9.17) is 4.74 Å². The fourth-order valence-electron chi connectivity index (χ4n) is 2.38. The third kappa shape index (κ3) is 2.25. The van der Waals surface area contributed by atoms with Crippen molar-refractivity contribution in [3.8, 4) is 5.75 Å². The second-order valence-corrected chi connectivity index (χ2v) is 4.83. The fraction of sp³-hybridized carbons (Fsp3) is 0.500. The summed E-state index contributed by atoms with van der Waals surface area (Å²) in [6, 6.07) is 2.87. The lowest BCUT2D eigenvalue weighted by Gasteiger charge is -2.27. The highest BCUT2D eigenvalue weighted by atomic mass is 19.1. The molecule has 0 saturated carbocycles. The van der Waals surface area contributed by atoms with Crippen LogP contribution in [-0.2, 0) is 4.79 Å². The first-order chi connectivity index (χ1) is 9.06. The molecule has 1 heterocycles. The maximum absolute atomic E-state index is 13.7. The van der Waals surface area contributed by atoms with Crippen molar-refractivity contribution in [2.24, 2.45) is 5.41 Å². The van der Waals surface area contributed by atoms with Crippen LogP contribution in [-0.4, -0.2) is 19.6 Å². The minimum absolute atomic E-state index is 0.0617. The predicted octanol–water partition coefficient (Wildman–Crippen LogP) is 3.00. The van der Waals surface area contributed by atoms with Gasteiger partial charge in [-0.1, -0.05) is 13.8 Å². The number of ether oxygens (including phenoxy) is 1. The number of benzene rings is 1. The molecule has 2 N–H and O–H groups in total. The van der Waals surface area contributed by atoms with Gasteiger partial charge in [0.05, 0.1) is 23.9 Å². The second-order valence-electron chi connectivity index (χ2n) is 4.83. The molecule has 4 nitrogen and oxygen atoms in total. The Hall–Kier alpha value is -1.78. The molecule has 0 radical (unpaired) electrons. The highest BCUT2D eigenvalue weighted by molar-refractivity contribution is 6.00. The Labute approximate surface area is 112 Å². The van der Waals surface area contributed by atoms with Crippen molar-refractivity contribution in [3.63, 3.8) is 0 Å². The van der Waals surface area contributed by atoms with E-state index in [0.29, 0.717) is 17.9 Å². The molecular formula is C14H19FN2O2. The average Bonchev–Trinajstić information content (AvgIpc) is 2.54. The van der Waals surface area contributed by atoms with E-state index < -0.39 is 11.2 Å². The standard InChI is InChI=1S/C14H19FN2O2/c1-4-14(5-2)8-16-10-7-12(19-3)9(15)6-11(10)17-13(14)18/h6-7,16H,4-5,8H2,1-3H3,(H,17,18). The van der Waals surface area contributed by atoms with Crippen molar-refractivity contribution in [1.82, 2.24) is 0 Å². The summed E-state index contributed by atoms with van der Waals surface area (Å²) in [6.07, 6.45) is 1.46. The molecule has 0 atom stereocenters. The number of rotatable bonds is 3. The van der Waals surface area contributed by atoms with E-state index in [1.165, 1.54) is 13.2 Å². The van der Waals surface area contributed by atoms with Crippen molar-refractivity contribution in [1.29, 1.82) is 0 Å². The minimum Gasteiger partial charge on any atom is -0.494 e. The molecule has 1 aliphatic heterocycles. The van der Waals surface area contributed by atoms with Gasteiger partial charge in [-0.15, -0.1) is 0 Å². The second kappa shape index (κ2) is 5.07. The minimum atomic E-state index is -0.483. The molecule has 1 aromatic carbocycles. The van der Waals surface area contributed by atoms with Gasteiger partial charge >= 0.3 is 0 Å². The molecule has 0 aromatic heterocycles. The van der Waals surface area contributed by atoms with Crippen LogP contribution >= 0.6 is 0 Å². The molecule has 0 spiro atoms. The quantitative estimate of drug-likeness (QED) is 0.884. The molecule has 19 heavy (non-hydrogen) atoms. The third-order valence-corrected chi connectivity index (χ3v) is 3.99. The zero-order valence-electron chi connectivity index (χ0n) is 11.5. The Bertz CT molecular complexity index is 498. The van der Waals surface area contributed by atoms with Crippen LogP contribution in [0.5, 0.6) is 5.75 Å². The van der Waals surface area contributed by atoms with E-state index >= 15 is 0 Å². The smallest absolute Gasteiger partial charge is 0.232 e. The van der Waals surface area contributed by atoms with Crippen molar-refractivity contribution in [2.75, 3.05) is 24.3 Å². The number of amides is 1. The van der Waals surface area contributed by atoms with Crippen LogP contribution in [0, 0.1) is 11.2 Å². The number of carbonyl (C=O) groups excluding carboxylic acids is 1. The summed E-state index contributed by atoms with van der Waals surface area (Å²) in [5.41, 5.74) is 0.699. The summed E-state index contributed by atoms with van der Waals surface area (Å²) in [4.78, 5) is 12.3. The topological polar surface area (TPSA) is 50.4 Å². The monoisotopic (exact) mass is 266 g/mol. The lowest BCUT2D eigenvalue weighted by Crippen LogP contribution is -2.39. The Morgan fingerprint density at radius 2 is 2.00 bits per heavy atom. The molecule has 1 aromatic rings. The third-order valence-electron chi connectivity index (χ3n) is 3.99. The average molecular weight is 266 g/mol. The van der Waals surface area contributed by atoms with E-state index in [9.17, 15) is 9.18 Å². The van der Waals surface area contributed by atoms with Gasteiger partial charge < -0.3 is 15.4 Å². The first-order valence-corrected chi connectivity index (χ1v) is 6.49. The SMILES string of the molecule is CCC1(CC)CNc2cc(OC)c(F)cc2NC1=O. The van der Waals surface area contributed by atoms with Crippen LogP contribution in [0.25, 0.3) is 0 Å². The summed E-state index contributed by atoms with van der Waals surface area (Å²) >= 11 is 0. The normalized spacial score (nSPS) is 16.9. The maximum Gasteiger partial charge on any atom is 0.232 e. The van der Waals surface area contributed by atoms with Gasteiger partial charge in [-0.05, 0) is 12.8 Å². The molecule has 0 unspecified atom stereocenters. The zero-order chi connectivity index (χ0) is 14.0. The molecule has 5 heteroatoms. The Morgan fingerprint density at radius 3 is 2.58 bits per heavy atom. The first-order valence-electron chi connectivity index (χ1n) is 6.49. The van der Waals surface area contributed by atoms with Gasteiger partial charge in [-0.25, -0.2) is 4.39 Å². The van der Waals surface area contributed by atoms with Crippen LogP contribution in [0.2, 0.25) is 0 Å². The van der Waals surface area contributed by atoms with Gasteiger partial charge in [-0.3, -0.25) is 4.79 Å². The number of hydrogen-bond donors (Lipinski definition) is 2. The van der Waals surface area contributed by atoms with Crippen LogP contribution in [0.15, 0.2) is 12.1 Å². The number of carbonyl (C=O) groups is 1. The lowest BCUT2D eigenvalue weighted by molar-refractivity contribution is -0.125. The Kier molecular flexibility index (Phi) is 3.64. The van der Waals surface area contributed by atoms with Crippen molar-refractivity contribution in [3.05, 3.63) is 17.9 Å². The number of fused-ring (bicyclic) bond motifs is 1. The number of hydrogen-bond acceptors (Lipinski definition) is 3. The van der Waals surface area contributed by atoms with Gasteiger partial charge in [0.2, 0.25) is 5.91 Å². The molecule has 104 valence electrons. The van der Waals surface area contributed by atoms with Gasteiger partial charge in [0.1, 0.15) is 0 Å². The fourth-order valence-corrected chi connectivity index (χ4v) is 2.38. The van der Waals surface area contributed by atoms with Gasteiger partial charge in [0.25, 0.3) is 0 Å². The van der Waals surface area contributed by atoms with Crippen LogP contribution < -0.4 is 15.4 Å². The molecule has 1 aliphatic rings. The van der Waals surface area contributed by atoms with Crippen molar-refractivity contribution >= 4 is 17.3 Å². The molecule has 0 saturated heterocycles. The van der Waals surface area contributed by atoms with Crippen molar-refractivity contribution < 1.29 is 13.9 Å². The highest BCUT2D eigenvalue weighted by Crippen LogP contribution is 2.37. The number of nitrogens with one attached hydrogen (secondary N) is 2. The number of anilines is 2. The maximum atomic E-state index is 13.7. The van der Waals surface area contributed by atoms with Gasteiger partial charge in [0, 0.05) is 18.7 Å². The lowest BCUT2D eigenvalue weighted by atomic mass is 9.81. The summed E-state index contributed by atoms with van der Waals surface area (Å²) in [7, 11) is 1.42. The van der Waals surface area contributed by atoms with Crippen molar-refractivity contribution in [2.45, 2.75) is 26.7 Å². The van der Waals surface area contributed by atoms with E-state index in [0.717, 1.165) is 12.8 Å². The summed E-state index contributed by atoms with van der Waals surface area (Å²) in [6.45, 7) is 4.51. The number of methoxy groups -OCH3 is 1. The Balaban J connectivity index is 2.41. The molecule has 1 amide bonds. The summed E-state index contributed by atoms with van der Waals surface area (Å²) in [5, 5.41) is 6.03. The molecule has 0 fully saturated rings. The van der Waals surface area contributed by atoms with E-state index in [-0.39, 0.29) is 11.7 Å². The highest BCUT2D eigenvalue weighted by Gasteiger charge is 2.37. The van der Waals surface area contributed by atoms with E-state index in [1.807, 2.05) is 13.8 Å².